The number of halogens is 1. The Morgan fingerprint density at radius 2 is 2.23 bits per heavy atom. The summed E-state index contributed by atoms with van der Waals surface area (Å²) in [7, 11) is 0. The monoisotopic (exact) mass is 198 g/mol. The highest BCUT2D eigenvalue weighted by Crippen LogP contribution is 2.18. The Kier molecular flexibility index (Phi) is 3.32. The fourth-order valence-electron chi connectivity index (χ4n) is 1.01. The molecule has 0 heterocycles. The number of carbonyl (C=O) groups excluding carboxylic acids is 1. The quantitative estimate of drug-likeness (QED) is 0.599. The standard InChI is InChI=1S/C10H11ClO2/c1-7-2-3-8(6-10(7)13)9(12)4-5-11/h2-3,6,13H,4-5H2,1H3. The molecule has 0 unspecified atom stereocenters. The number of aromatic hydroxyl groups is 1. The molecule has 1 N–H and O–H groups in total. The molecule has 0 saturated heterocycles. The molecule has 0 aliphatic heterocycles. The second-order valence-corrected chi connectivity index (χ2v) is 3.24. The van der Waals surface area contributed by atoms with Gasteiger partial charge in [0.2, 0.25) is 0 Å². The molecule has 0 aliphatic rings. The Morgan fingerprint density at radius 1 is 1.54 bits per heavy atom. The van der Waals surface area contributed by atoms with E-state index in [1.54, 1.807) is 19.1 Å². The van der Waals surface area contributed by atoms with Crippen molar-refractivity contribution in [1.82, 2.24) is 0 Å². The predicted octanol–water partition coefficient (Wildman–Crippen LogP) is 2.51. The van der Waals surface area contributed by atoms with Gasteiger partial charge in [-0.3, -0.25) is 4.79 Å². The molecule has 0 aromatic heterocycles. The van der Waals surface area contributed by atoms with Crippen molar-refractivity contribution in [3.8, 4) is 5.75 Å². The zero-order chi connectivity index (χ0) is 9.84. The maximum Gasteiger partial charge on any atom is 0.164 e. The lowest BCUT2D eigenvalue weighted by atomic mass is 10.1. The maximum absolute atomic E-state index is 11.3. The van der Waals surface area contributed by atoms with E-state index in [0.717, 1.165) is 5.56 Å². The van der Waals surface area contributed by atoms with E-state index in [1.165, 1.54) is 6.07 Å². The Balaban J connectivity index is 2.90. The van der Waals surface area contributed by atoms with Crippen molar-refractivity contribution in [1.29, 1.82) is 0 Å². The molecule has 3 heteroatoms. The zero-order valence-corrected chi connectivity index (χ0v) is 8.14. The van der Waals surface area contributed by atoms with Crippen LogP contribution in [0.4, 0.5) is 0 Å². The number of ketones is 1. The largest absolute Gasteiger partial charge is 0.508 e. The second kappa shape index (κ2) is 4.28. The minimum absolute atomic E-state index is 0.0368. The lowest BCUT2D eigenvalue weighted by Crippen LogP contribution is -1.99. The zero-order valence-electron chi connectivity index (χ0n) is 7.38. The van der Waals surface area contributed by atoms with Crippen LogP contribution in [0.15, 0.2) is 18.2 Å². The molecule has 2 nitrogen and oxygen atoms in total. The van der Waals surface area contributed by atoms with Gasteiger partial charge in [0.25, 0.3) is 0 Å². The van der Waals surface area contributed by atoms with E-state index in [-0.39, 0.29) is 11.5 Å². The van der Waals surface area contributed by atoms with Crippen molar-refractivity contribution in [3.63, 3.8) is 0 Å². The number of aryl methyl sites for hydroxylation is 1. The molecule has 0 amide bonds. The maximum atomic E-state index is 11.3. The third-order valence-electron chi connectivity index (χ3n) is 1.85. The van der Waals surface area contributed by atoms with Gasteiger partial charge in [-0.05, 0) is 18.6 Å². The van der Waals surface area contributed by atoms with E-state index in [4.69, 9.17) is 11.6 Å². The molecule has 1 aromatic carbocycles. The predicted molar refractivity (Wildman–Crippen MR) is 52.5 cm³/mol. The highest BCUT2D eigenvalue weighted by molar-refractivity contribution is 6.19. The normalized spacial score (nSPS) is 10.0. The fraction of sp³-hybridized carbons (Fsp3) is 0.300. The van der Waals surface area contributed by atoms with E-state index in [0.29, 0.717) is 17.9 Å². The van der Waals surface area contributed by atoms with Crippen molar-refractivity contribution in [2.75, 3.05) is 5.88 Å². The summed E-state index contributed by atoms with van der Waals surface area (Å²) in [5.74, 6) is 0.429. The van der Waals surface area contributed by atoms with E-state index >= 15 is 0 Å². The molecule has 0 atom stereocenters. The van der Waals surface area contributed by atoms with Crippen molar-refractivity contribution in [3.05, 3.63) is 29.3 Å². The van der Waals surface area contributed by atoms with Crippen LogP contribution in [-0.2, 0) is 0 Å². The van der Waals surface area contributed by atoms with Crippen molar-refractivity contribution < 1.29 is 9.90 Å². The molecule has 13 heavy (non-hydrogen) atoms. The van der Waals surface area contributed by atoms with Crippen LogP contribution in [0.5, 0.6) is 5.75 Å². The number of phenolic OH excluding ortho intramolecular Hbond substituents is 1. The summed E-state index contributed by atoms with van der Waals surface area (Å²) in [6.45, 7) is 1.78. The first-order valence-electron chi connectivity index (χ1n) is 4.04. The molecular formula is C10H11ClO2. The van der Waals surface area contributed by atoms with Crippen LogP contribution in [-0.4, -0.2) is 16.8 Å². The van der Waals surface area contributed by atoms with Crippen LogP contribution < -0.4 is 0 Å². The summed E-state index contributed by atoms with van der Waals surface area (Å²) in [4.78, 5) is 11.3. The van der Waals surface area contributed by atoms with Crippen molar-refractivity contribution in [2.24, 2.45) is 0 Å². The number of phenols is 1. The number of carbonyl (C=O) groups is 1. The van der Waals surface area contributed by atoms with Crippen LogP contribution in [0.2, 0.25) is 0 Å². The number of hydrogen-bond donors (Lipinski definition) is 1. The first kappa shape index (κ1) is 10.1. The SMILES string of the molecule is Cc1ccc(C(=O)CCCl)cc1O. The molecule has 0 saturated carbocycles. The molecule has 0 fully saturated rings. The van der Waals surface area contributed by atoms with E-state index in [9.17, 15) is 9.90 Å². The summed E-state index contributed by atoms with van der Waals surface area (Å²) in [6, 6.07) is 4.89. The van der Waals surface area contributed by atoms with Gasteiger partial charge in [-0.25, -0.2) is 0 Å². The molecule has 1 aromatic rings. The molecule has 0 spiro atoms. The first-order valence-corrected chi connectivity index (χ1v) is 4.57. The molecule has 1 rings (SSSR count). The summed E-state index contributed by atoms with van der Waals surface area (Å²) >= 11 is 5.43. The van der Waals surface area contributed by atoms with Crippen LogP contribution in [0.3, 0.4) is 0 Å². The van der Waals surface area contributed by atoms with E-state index < -0.39 is 0 Å². The summed E-state index contributed by atoms with van der Waals surface area (Å²) < 4.78 is 0. The van der Waals surface area contributed by atoms with Gasteiger partial charge in [0.15, 0.2) is 5.78 Å². The molecular weight excluding hydrogens is 188 g/mol. The van der Waals surface area contributed by atoms with Crippen LogP contribution >= 0.6 is 11.6 Å². The fourth-order valence-corrected chi connectivity index (χ4v) is 1.18. The number of hydrogen-bond acceptors (Lipinski definition) is 2. The second-order valence-electron chi connectivity index (χ2n) is 2.86. The van der Waals surface area contributed by atoms with E-state index in [1.807, 2.05) is 0 Å². The van der Waals surface area contributed by atoms with Gasteiger partial charge in [0, 0.05) is 17.9 Å². The Morgan fingerprint density at radius 3 is 2.77 bits per heavy atom. The summed E-state index contributed by atoms with van der Waals surface area (Å²) in [6.07, 6.45) is 0.310. The van der Waals surface area contributed by atoms with Gasteiger partial charge in [0.1, 0.15) is 5.75 Å². The lowest BCUT2D eigenvalue weighted by molar-refractivity contribution is 0.0989. The van der Waals surface area contributed by atoms with Gasteiger partial charge in [0.05, 0.1) is 0 Å². The van der Waals surface area contributed by atoms with Gasteiger partial charge in [-0.1, -0.05) is 12.1 Å². The molecule has 0 aliphatic carbocycles. The number of Topliss-reactive ketones (excluding diaryl/α,β-unsaturated/α-hetero) is 1. The van der Waals surface area contributed by atoms with Crippen molar-refractivity contribution in [2.45, 2.75) is 13.3 Å². The summed E-state index contributed by atoms with van der Waals surface area (Å²) in [5, 5.41) is 9.33. The van der Waals surface area contributed by atoms with Crippen LogP contribution in [0.25, 0.3) is 0 Å². The average molecular weight is 199 g/mol. The smallest absolute Gasteiger partial charge is 0.164 e. The third kappa shape index (κ3) is 2.46. The Bertz CT molecular complexity index is 321. The van der Waals surface area contributed by atoms with Crippen molar-refractivity contribution >= 4 is 17.4 Å². The Hall–Kier alpha value is -1.02. The van der Waals surface area contributed by atoms with E-state index in [2.05, 4.69) is 0 Å². The molecule has 0 radical (unpaired) electrons. The third-order valence-corrected chi connectivity index (χ3v) is 2.04. The van der Waals surface area contributed by atoms with Gasteiger partial charge < -0.3 is 5.11 Å². The van der Waals surface area contributed by atoms with Crippen LogP contribution in [0.1, 0.15) is 22.3 Å². The van der Waals surface area contributed by atoms with Gasteiger partial charge >= 0.3 is 0 Å². The highest BCUT2D eigenvalue weighted by Gasteiger charge is 2.06. The van der Waals surface area contributed by atoms with Gasteiger partial charge in [-0.2, -0.15) is 0 Å². The first-order chi connectivity index (χ1) is 6.15. The average Bonchev–Trinajstić information content (AvgIpc) is 2.10. The van der Waals surface area contributed by atoms with Crippen LogP contribution in [0, 0.1) is 6.92 Å². The number of alkyl halides is 1. The topological polar surface area (TPSA) is 37.3 Å². The minimum Gasteiger partial charge on any atom is -0.508 e. The highest BCUT2D eigenvalue weighted by atomic mass is 35.5. The molecule has 70 valence electrons. The summed E-state index contributed by atoms with van der Waals surface area (Å²) in [5.41, 5.74) is 1.28. The Labute approximate surface area is 82.2 Å². The lowest BCUT2D eigenvalue weighted by Gasteiger charge is -2.01. The van der Waals surface area contributed by atoms with Gasteiger partial charge in [-0.15, -0.1) is 11.6 Å². The molecule has 0 bridgehead atoms. The number of rotatable bonds is 3. The minimum atomic E-state index is -0.0368. The number of benzene rings is 1.